The van der Waals surface area contributed by atoms with E-state index in [2.05, 4.69) is 43.2 Å². The van der Waals surface area contributed by atoms with E-state index in [1.165, 1.54) is 58.2 Å². The first-order valence-electron chi connectivity index (χ1n) is 8.17. The van der Waals surface area contributed by atoms with Gasteiger partial charge in [-0.15, -0.1) is 0 Å². The zero-order valence-electron chi connectivity index (χ0n) is 13.4. The van der Waals surface area contributed by atoms with Crippen LogP contribution in [0.25, 0.3) is 0 Å². The Hall–Kier alpha value is -0.120. The van der Waals surface area contributed by atoms with Crippen LogP contribution in [0.1, 0.15) is 45.4 Å². The van der Waals surface area contributed by atoms with Crippen LogP contribution >= 0.6 is 0 Å². The molecule has 0 spiro atoms. The largest absolute Gasteiger partial charge is 0.316 e. The molecule has 2 atom stereocenters. The predicted molar refractivity (Wildman–Crippen MR) is 82.6 cm³/mol. The molecule has 2 aliphatic carbocycles. The second-order valence-electron chi connectivity index (χ2n) is 7.00. The molecule has 0 aliphatic heterocycles. The number of hydrogen-bond acceptors (Lipinski definition) is 3. The van der Waals surface area contributed by atoms with E-state index in [0.29, 0.717) is 5.54 Å². The van der Waals surface area contributed by atoms with E-state index in [1.54, 1.807) is 0 Å². The van der Waals surface area contributed by atoms with E-state index >= 15 is 0 Å². The van der Waals surface area contributed by atoms with E-state index in [0.717, 1.165) is 12.0 Å². The molecule has 0 heterocycles. The molecule has 0 radical (unpaired) electrons. The van der Waals surface area contributed by atoms with Crippen LogP contribution in [0.4, 0.5) is 0 Å². The molecule has 3 heteroatoms. The van der Waals surface area contributed by atoms with Gasteiger partial charge in [0.2, 0.25) is 0 Å². The van der Waals surface area contributed by atoms with Crippen LogP contribution in [0, 0.1) is 5.92 Å². The standard InChI is InChI=1S/C16H33N3/c1-5-11-17-12-14-7-8-15(14)19(4)13-16(18(2)3)9-6-10-16/h14-15,17H,5-13H2,1-4H3. The highest BCUT2D eigenvalue weighted by Crippen LogP contribution is 2.39. The van der Waals surface area contributed by atoms with Crippen molar-refractivity contribution in [2.45, 2.75) is 57.0 Å². The number of nitrogens with zero attached hydrogens (tertiary/aromatic N) is 2. The Bertz CT molecular complexity index is 273. The highest BCUT2D eigenvalue weighted by atomic mass is 15.2. The van der Waals surface area contributed by atoms with E-state index in [9.17, 15) is 0 Å². The van der Waals surface area contributed by atoms with Gasteiger partial charge in [-0.3, -0.25) is 0 Å². The van der Waals surface area contributed by atoms with Crippen LogP contribution in [0.3, 0.4) is 0 Å². The van der Waals surface area contributed by atoms with Crippen LogP contribution in [-0.2, 0) is 0 Å². The maximum absolute atomic E-state index is 3.60. The summed E-state index contributed by atoms with van der Waals surface area (Å²) < 4.78 is 0. The van der Waals surface area contributed by atoms with Gasteiger partial charge in [-0.2, -0.15) is 0 Å². The van der Waals surface area contributed by atoms with E-state index in [-0.39, 0.29) is 0 Å². The molecule has 3 nitrogen and oxygen atoms in total. The molecule has 0 aromatic carbocycles. The predicted octanol–water partition coefficient (Wildman–Crippen LogP) is 2.18. The Morgan fingerprint density at radius 1 is 1.16 bits per heavy atom. The monoisotopic (exact) mass is 267 g/mol. The fourth-order valence-corrected chi connectivity index (χ4v) is 3.75. The van der Waals surface area contributed by atoms with Crippen molar-refractivity contribution >= 4 is 0 Å². The molecule has 2 fully saturated rings. The molecule has 2 unspecified atom stereocenters. The summed E-state index contributed by atoms with van der Waals surface area (Å²) >= 11 is 0. The molecule has 19 heavy (non-hydrogen) atoms. The lowest BCUT2D eigenvalue weighted by Crippen LogP contribution is -2.60. The van der Waals surface area contributed by atoms with Crippen LogP contribution in [-0.4, -0.2) is 62.2 Å². The number of nitrogens with one attached hydrogen (secondary N) is 1. The number of hydrogen-bond donors (Lipinski definition) is 1. The fourth-order valence-electron chi connectivity index (χ4n) is 3.75. The Balaban J connectivity index is 1.78. The van der Waals surface area contributed by atoms with Crippen LogP contribution in [0.5, 0.6) is 0 Å². The second-order valence-corrected chi connectivity index (χ2v) is 7.00. The first kappa shape index (κ1) is 15.3. The van der Waals surface area contributed by atoms with Crippen molar-refractivity contribution in [3.05, 3.63) is 0 Å². The maximum Gasteiger partial charge on any atom is 0.0330 e. The van der Waals surface area contributed by atoms with Gasteiger partial charge in [0.15, 0.2) is 0 Å². The minimum Gasteiger partial charge on any atom is -0.316 e. The topological polar surface area (TPSA) is 18.5 Å². The summed E-state index contributed by atoms with van der Waals surface area (Å²) in [4.78, 5) is 5.12. The highest BCUT2D eigenvalue weighted by Gasteiger charge is 2.43. The molecule has 0 aromatic rings. The van der Waals surface area contributed by atoms with E-state index in [1.807, 2.05) is 0 Å². The lowest BCUT2D eigenvalue weighted by atomic mass is 9.73. The first-order valence-corrected chi connectivity index (χ1v) is 8.17. The molecule has 0 amide bonds. The lowest BCUT2D eigenvalue weighted by molar-refractivity contribution is -0.0125. The highest BCUT2D eigenvalue weighted by molar-refractivity contribution is 5.00. The van der Waals surface area contributed by atoms with Crippen LogP contribution in [0.2, 0.25) is 0 Å². The van der Waals surface area contributed by atoms with Gasteiger partial charge in [0.25, 0.3) is 0 Å². The molecular weight excluding hydrogens is 234 g/mol. The third kappa shape index (κ3) is 3.32. The molecule has 0 saturated heterocycles. The lowest BCUT2D eigenvalue weighted by Gasteiger charge is -2.53. The normalized spacial score (nSPS) is 29.4. The molecule has 0 bridgehead atoms. The van der Waals surface area contributed by atoms with Crippen molar-refractivity contribution in [1.82, 2.24) is 15.1 Å². The van der Waals surface area contributed by atoms with Crippen molar-refractivity contribution in [1.29, 1.82) is 0 Å². The SMILES string of the molecule is CCCNCC1CCC1N(C)CC1(N(C)C)CCC1. The Morgan fingerprint density at radius 3 is 2.32 bits per heavy atom. The van der Waals surface area contributed by atoms with Gasteiger partial charge in [0.1, 0.15) is 0 Å². The summed E-state index contributed by atoms with van der Waals surface area (Å²) in [6.45, 7) is 5.90. The third-order valence-corrected chi connectivity index (χ3v) is 5.55. The van der Waals surface area contributed by atoms with E-state index in [4.69, 9.17) is 0 Å². The summed E-state index contributed by atoms with van der Waals surface area (Å²) in [6, 6.07) is 0.821. The molecule has 2 saturated carbocycles. The Morgan fingerprint density at radius 2 is 1.89 bits per heavy atom. The van der Waals surface area contributed by atoms with Gasteiger partial charge in [0, 0.05) is 18.1 Å². The summed E-state index contributed by atoms with van der Waals surface area (Å²) in [5.41, 5.74) is 0.478. The zero-order chi connectivity index (χ0) is 13.9. The minimum atomic E-state index is 0.478. The molecule has 112 valence electrons. The summed E-state index contributed by atoms with van der Waals surface area (Å²) in [7, 11) is 6.86. The Kier molecular flexibility index (Phi) is 5.27. The van der Waals surface area contributed by atoms with Crippen molar-refractivity contribution in [2.24, 2.45) is 5.92 Å². The summed E-state index contributed by atoms with van der Waals surface area (Å²) in [5.74, 6) is 0.885. The van der Waals surface area contributed by atoms with Gasteiger partial charge >= 0.3 is 0 Å². The zero-order valence-corrected chi connectivity index (χ0v) is 13.4. The number of likely N-dealkylation sites (N-methyl/N-ethyl adjacent to an activating group) is 2. The average Bonchev–Trinajstić information content (AvgIpc) is 2.27. The molecular formula is C16H33N3. The smallest absolute Gasteiger partial charge is 0.0330 e. The number of rotatable bonds is 8. The van der Waals surface area contributed by atoms with Crippen molar-refractivity contribution < 1.29 is 0 Å². The van der Waals surface area contributed by atoms with Crippen molar-refractivity contribution in [3.8, 4) is 0 Å². The maximum atomic E-state index is 3.60. The minimum absolute atomic E-state index is 0.478. The van der Waals surface area contributed by atoms with Crippen molar-refractivity contribution in [3.63, 3.8) is 0 Å². The Labute approximate surface area is 119 Å². The van der Waals surface area contributed by atoms with Gasteiger partial charge in [0.05, 0.1) is 0 Å². The molecule has 1 N–H and O–H groups in total. The average molecular weight is 267 g/mol. The quantitative estimate of drug-likeness (QED) is 0.680. The third-order valence-electron chi connectivity index (χ3n) is 5.55. The summed E-state index contributed by atoms with van der Waals surface area (Å²) in [6.07, 6.45) is 8.25. The van der Waals surface area contributed by atoms with Gasteiger partial charge in [-0.25, -0.2) is 0 Å². The fraction of sp³-hybridized carbons (Fsp3) is 1.00. The van der Waals surface area contributed by atoms with Crippen molar-refractivity contribution in [2.75, 3.05) is 40.8 Å². The first-order chi connectivity index (χ1) is 9.09. The van der Waals surface area contributed by atoms with Gasteiger partial charge in [-0.1, -0.05) is 6.92 Å². The van der Waals surface area contributed by atoms with Crippen LogP contribution < -0.4 is 5.32 Å². The van der Waals surface area contributed by atoms with Crippen LogP contribution in [0.15, 0.2) is 0 Å². The second kappa shape index (κ2) is 6.55. The molecule has 2 aliphatic rings. The molecule has 2 rings (SSSR count). The molecule has 0 aromatic heterocycles. The van der Waals surface area contributed by atoms with Gasteiger partial charge in [-0.05, 0) is 78.7 Å². The van der Waals surface area contributed by atoms with Gasteiger partial charge < -0.3 is 15.1 Å². The summed E-state index contributed by atoms with van der Waals surface area (Å²) in [5, 5.41) is 3.60. The van der Waals surface area contributed by atoms with E-state index < -0.39 is 0 Å².